The monoisotopic (exact) mass is 401 g/mol. The molecule has 1 fully saturated rings. The van der Waals surface area contributed by atoms with Gasteiger partial charge in [-0.1, -0.05) is 18.2 Å². The Morgan fingerprint density at radius 3 is 2.07 bits per heavy atom. The molecule has 7 nitrogen and oxygen atoms in total. The number of hydrogen-bond acceptors (Lipinski definition) is 5. The molecule has 2 unspecified atom stereocenters. The van der Waals surface area contributed by atoms with Crippen molar-refractivity contribution in [2.75, 3.05) is 33.4 Å². The first-order valence-electron chi connectivity index (χ1n) is 9.35. The molecular weight excluding hydrogens is 377 g/mol. The summed E-state index contributed by atoms with van der Waals surface area (Å²) in [5.74, 6) is -0.365. The summed E-state index contributed by atoms with van der Waals surface area (Å²) in [6, 6.07) is 14.9. The highest BCUT2D eigenvalue weighted by atomic mass is 19.1. The molecule has 1 heterocycles. The van der Waals surface area contributed by atoms with Gasteiger partial charge >= 0.3 is 0 Å². The van der Waals surface area contributed by atoms with Crippen LogP contribution in [0.3, 0.4) is 0 Å². The standard InChI is InChI=1S/C21H24FN3O4/c1-28-17-9-7-16(8-10-17)21(27)24-19(18(22)25-11-13-29-14-12-25)23-20(26)15-5-3-2-4-6-15/h2-10,18-19H,11-14H2,1H3,(H,23,26)(H,24,27). The average molecular weight is 401 g/mol. The van der Waals surface area contributed by atoms with E-state index in [1.54, 1.807) is 54.6 Å². The second kappa shape index (κ2) is 9.99. The van der Waals surface area contributed by atoms with Gasteiger partial charge in [-0.25, -0.2) is 4.39 Å². The number of nitrogens with one attached hydrogen (secondary N) is 2. The summed E-state index contributed by atoms with van der Waals surface area (Å²) in [7, 11) is 1.53. The van der Waals surface area contributed by atoms with Crippen molar-refractivity contribution >= 4 is 11.8 Å². The minimum atomic E-state index is -1.60. The number of carbonyl (C=O) groups excluding carboxylic acids is 2. The molecule has 2 atom stereocenters. The van der Waals surface area contributed by atoms with Crippen LogP contribution in [0.4, 0.5) is 4.39 Å². The second-order valence-electron chi connectivity index (χ2n) is 6.54. The topological polar surface area (TPSA) is 79.9 Å². The molecule has 0 bridgehead atoms. The van der Waals surface area contributed by atoms with Crippen LogP contribution in [-0.2, 0) is 4.74 Å². The first kappa shape index (κ1) is 20.8. The van der Waals surface area contributed by atoms with Crippen LogP contribution in [0, 0.1) is 0 Å². The summed E-state index contributed by atoms with van der Waals surface area (Å²) in [5.41, 5.74) is 0.712. The predicted molar refractivity (Wildman–Crippen MR) is 105 cm³/mol. The summed E-state index contributed by atoms with van der Waals surface area (Å²) >= 11 is 0. The Labute approximate surface area is 168 Å². The zero-order valence-corrected chi connectivity index (χ0v) is 16.1. The van der Waals surface area contributed by atoms with E-state index in [-0.39, 0.29) is 0 Å². The Bertz CT molecular complexity index is 810. The van der Waals surface area contributed by atoms with Gasteiger partial charge in [0, 0.05) is 24.2 Å². The molecular formula is C21H24FN3O4. The van der Waals surface area contributed by atoms with E-state index in [1.165, 1.54) is 12.0 Å². The number of rotatable bonds is 7. The molecule has 154 valence electrons. The number of morpholine rings is 1. The molecule has 1 aliphatic rings. The molecule has 2 aromatic carbocycles. The van der Waals surface area contributed by atoms with E-state index in [0.29, 0.717) is 43.2 Å². The molecule has 1 aliphatic heterocycles. The second-order valence-corrected chi connectivity index (χ2v) is 6.54. The van der Waals surface area contributed by atoms with Crippen LogP contribution in [0.2, 0.25) is 0 Å². The molecule has 0 aromatic heterocycles. The number of nitrogens with zero attached hydrogens (tertiary/aromatic N) is 1. The number of amides is 2. The molecule has 8 heteroatoms. The lowest BCUT2D eigenvalue weighted by atomic mass is 10.2. The normalized spacial score (nSPS) is 16.5. The SMILES string of the molecule is COc1ccc(C(=O)NC(NC(=O)c2ccccc2)C(F)N2CCOCC2)cc1. The number of carbonyl (C=O) groups is 2. The highest BCUT2D eigenvalue weighted by Gasteiger charge is 2.31. The lowest BCUT2D eigenvalue weighted by Crippen LogP contribution is -2.60. The van der Waals surface area contributed by atoms with Gasteiger partial charge in [0.05, 0.1) is 20.3 Å². The molecule has 3 rings (SSSR count). The number of benzene rings is 2. The van der Waals surface area contributed by atoms with Gasteiger partial charge in [-0.3, -0.25) is 14.5 Å². The fourth-order valence-corrected chi connectivity index (χ4v) is 2.99. The summed E-state index contributed by atoms with van der Waals surface area (Å²) in [5, 5.41) is 5.20. The molecule has 2 amide bonds. The Balaban J connectivity index is 1.75. The molecule has 2 N–H and O–H groups in total. The highest BCUT2D eigenvalue weighted by molar-refractivity contribution is 5.96. The van der Waals surface area contributed by atoms with Crippen molar-refractivity contribution < 1.29 is 23.5 Å². The molecule has 2 aromatic rings. The molecule has 1 saturated heterocycles. The zero-order chi connectivity index (χ0) is 20.6. The van der Waals surface area contributed by atoms with Crippen molar-refractivity contribution in [3.05, 3.63) is 65.7 Å². The van der Waals surface area contributed by atoms with Crippen molar-refractivity contribution in [3.8, 4) is 5.75 Å². The first-order valence-corrected chi connectivity index (χ1v) is 9.35. The quantitative estimate of drug-likeness (QED) is 0.546. The lowest BCUT2D eigenvalue weighted by Gasteiger charge is -2.34. The third-order valence-corrected chi connectivity index (χ3v) is 4.63. The van der Waals surface area contributed by atoms with E-state index >= 15 is 4.39 Å². The van der Waals surface area contributed by atoms with Gasteiger partial charge in [0.15, 0.2) is 6.30 Å². The maximum Gasteiger partial charge on any atom is 0.252 e. The van der Waals surface area contributed by atoms with Crippen molar-refractivity contribution in [1.29, 1.82) is 0 Å². The number of alkyl halides is 1. The summed E-state index contributed by atoms with van der Waals surface area (Å²) in [6.45, 7) is 1.53. The van der Waals surface area contributed by atoms with Gasteiger partial charge < -0.3 is 20.1 Å². The van der Waals surface area contributed by atoms with Crippen LogP contribution >= 0.6 is 0 Å². The van der Waals surface area contributed by atoms with E-state index < -0.39 is 24.3 Å². The van der Waals surface area contributed by atoms with Crippen LogP contribution < -0.4 is 15.4 Å². The van der Waals surface area contributed by atoms with Gasteiger partial charge in [-0.05, 0) is 36.4 Å². The Hall–Kier alpha value is -2.97. The third-order valence-electron chi connectivity index (χ3n) is 4.63. The summed E-state index contributed by atoms with van der Waals surface area (Å²) in [6.07, 6.45) is -2.83. The highest BCUT2D eigenvalue weighted by Crippen LogP contribution is 2.13. The van der Waals surface area contributed by atoms with E-state index in [4.69, 9.17) is 9.47 Å². The van der Waals surface area contributed by atoms with Crippen molar-refractivity contribution in [1.82, 2.24) is 15.5 Å². The number of ether oxygens (including phenoxy) is 2. The molecule has 0 radical (unpaired) electrons. The smallest absolute Gasteiger partial charge is 0.252 e. The molecule has 0 saturated carbocycles. The van der Waals surface area contributed by atoms with Gasteiger partial charge in [0.2, 0.25) is 0 Å². The Morgan fingerprint density at radius 1 is 0.966 bits per heavy atom. The summed E-state index contributed by atoms with van der Waals surface area (Å²) in [4.78, 5) is 26.7. The van der Waals surface area contributed by atoms with E-state index in [2.05, 4.69) is 10.6 Å². The Kier molecular flexibility index (Phi) is 7.15. The van der Waals surface area contributed by atoms with Crippen LogP contribution in [0.5, 0.6) is 5.75 Å². The minimum Gasteiger partial charge on any atom is -0.497 e. The van der Waals surface area contributed by atoms with Crippen LogP contribution in [0.1, 0.15) is 20.7 Å². The minimum absolute atomic E-state index is 0.332. The first-order chi connectivity index (χ1) is 14.1. The average Bonchev–Trinajstić information content (AvgIpc) is 2.79. The molecule has 29 heavy (non-hydrogen) atoms. The van der Waals surface area contributed by atoms with Crippen molar-refractivity contribution in [3.63, 3.8) is 0 Å². The fraction of sp³-hybridized carbons (Fsp3) is 0.333. The van der Waals surface area contributed by atoms with Crippen molar-refractivity contribution in [2.45, 2.75) is 12.5 Å². The van der Waals surface area contributed by atoms with Gasteiger partial charge in [0.1, 0.15) is 11.9 Å². The van der Waals surface area contributed by atoms with Crippen LogP contribution in [0.25, 0.3) is 0 Å². The predicted octanol–water partition coefficient (Wildman–Crippen LogP) is 1.81. The third kappa shape index (κ3) is 5.52. The van der Waals surface area contributed by atoms with Crippen LogP contribution in [-0.4, -0.2) is 62.6 Å². The van der Waals surface area contributed by atoms with Crippen LogP contribution in [0.15, 0.2) is 54.6 Å². The molecule has 0 aliphatic carbocycles. The maximum atomic E-state index is 15.2. The van der Waals surface area contributed by atoms with Gasteiger partial charge in [-0.15, -0.1) is 0 Å². The van der Waals surface area contributed by atoms with Gasteiger partial charge in [0.25, 0.3) is 11.8 Å². The Morgan fingerprint density at radius 2 is 1.52 bits per heavy atom. The molecule has 0 spiro atoms. The zero-order valence-electron chi connectivity index (χ0n) is 16.1. The fourth-order valence-electron chi connectivity index (χ4n) is 2.99. The maximum absolute atomic E-state index is 15.2. The number of methoxy groups -OCH3 is 1. The number of hydrogen-bond donors (Lipinski definition) is 2. The van der Waals surface area contributed by atoms with Gasteiger partial charge in [-0.2, -0.15) is 0 Å². The van der Waals surface area contributed by atoms with E-state index in [1.807, 2.05) is 0 Å². The van der Waals surface area contributed by atoms with Crippen molar-refractivity contribution in [2.24, 2.45) is 0 Å². The van der Waals surface area contributed by atoms with E-state index in [0.717, 1.165) is 0 Å². The largest absolute Gasteiger partial charge is 0.497 e. The van der Waals surface area contributed by atoms with E-state index in [9.17, 15) is 9.59 Å². The lowest BCUT2D eigenvalue weighted by molar-refractivity contribution is -0.0369. The number of halogens is 1. The summed E-state index contributed by atoms with van der Waals surface area (Å²) < 4.78 is 25.6.